The van der Waals surface area contributed by atoms with Gasteiger partial charge in [0.15, 0.2) is 17.3 Å². The number of Topliss-reactive ketones (excluding diaryl/α,β-unsaturated/α-hetero) is 1. The van der Waals surface area contributed by atoms with Crippen LogP contribution in [0.4, 0.5) is 10.3 Å². The van der Waals surface area contributed by atoms with Crippen LogP contribution < -0.4 is 14.8 Å². The lowest BCUT2D eigenvalue weighted by atomic mass is 9.85. The summed E-state index contributed by atoms with van der Waals surface area (Å²) in [5, 5.41) is 8.66. The van der Waals surface area contributed by atoms with Gasteiger partial charge in [-0.3, -0.25) is 4.79 Å². The van der Waals surface area contributed by atoms with Gasteiger partial charge in [-0.15, -0.1) is 5.10 Å². The van der Waals surface area contributed by atoms with E-state index in [1.807, 2.05) is 18.2 Å². The SMILES string of the molecule is COc1ccc([C@H]2C3=C(CCCC3=O)Nc3nc(SCc4ccc(F)cc4)nn32)cc1OC. The summed E-state index contributed by atoms with van der Waals surface area (Å²) in [7, 11) is 3.18. The van der Waals surface area contributed by atoms with Crippen molar-refractivity contribution < 1.29 is 18.7 Å². The van der Waals surface area contributed by atoms with Crippen molar-refractivity contribution in [3.63, 3.8) is 0 Å². The molecule has 1 aromatic heterocycles. The zero-order chi connectivity index (χ0) is 22.9. The normalized spacial score (nSPS) is 17.3. The average molecular weight is 467 g/mol. The number of hydrogen-bond acceptors (Lipinski definition) is 7. The van der Waals surface area contributed by atoms with E-state index in [1.165, 1.54) is 23.9 Å². The second-order valence-electron chi connectivity index (χ2n) is 7.89. The van der Waals surface area contributed by atoms with E-state index in [1.54, 1.807) is 31.0 Å². The van der Waals surface area contributed by atoms with E-state index >= 15 is 0 Å². The maximum Gasteiger partial charge on any atom is 0.227 e. The number of aromatic nitrogens is 3. The van der Waals surface area contributed by atoms with E-state index in [4.69, 9.17) is 14.6 Å². The molecule has 170 valence electrons. The third-order valence-corrected chi connectivity index (χ3v) is 6.76. The molecule has 0 spiro atoms. The first-order chi connectivity index (χ1) is 16.1. The summed E-state index contributed by atoms with van der Waals surface area (Å²) in [4.78, 5) is 17.7. The van der Waals surface area contributed by atoms with Crippen LogP contribution in [-0.4, -0.2) is 34.8 Å². The Hall–Kier alpha value is -3.33. The molecule has 0 bridgehead atoms. The van der Waals surface area contributed by atoms with Gasteiger partial charge >= 0.3 is 0 Å². The number of ketones is 1. The number of nitrogens with one attached hydrogen (secondary N) is 1. The summed E-state index contributed by atoms with van der Waals surface area (Å²) in [6.45, 7) is 0. The van der Waals surface area contributed by atoms with E-state index in [9.17, 15) is 9.18 Å². The molecule has 0 saturated carbocycles. The highest BCUT2D eigenvalue weighted by atomic mass is 32.2. The first-order valence-corrected chi connectivity index (χ1v) is 11.6. The number of halogens is 1. The molecule has 5 rings (SSSR count). The minimum absolute atomic E-state index is 0.116. The Morgan fingerprint density at radius 3 is 2.67 bits per heavy atom. The van der Waals surface area contributed by atoms with Gasteiger partial charge in [0.05, 0.1) is 14.2 Å². The Bertz CT molecular complexity index is 1240. The van der Waals surface area contributed by atoms with Crippen molar-refractivity contribution >= 4 is 23.5 Å². The summed E-state index contributed by atoms with van der Waals surface area (Å²) in [5.74, 6) is 2.27. The number of benzene rings is 2. The number of thioether (sulfide) groups is 1. The molecule has 0 fully saturated rings. The average Bonchev–Trinajstić information content (AvgIpc) is 3.24. The number of carbonyl (C=O) groups excluding carboxylic acids is 1. The van der Waals surface area contributed by atoms with Crippen molar-refractivity contribution in [1.29, 1.82) is 0 Å². The maximum atomic E-state index is 13.2. The first kappa shape index (κ1) is 21.5. The number of anilines is 1. The molecule has 0 amide bonds. The van der Waals surface area contributed by atoms with Crippen LogP contribution >= 0.6 is 11.8 Å². The number of rotatable bonds is 6. The molecule has 33 heavy (non-hydrogen) atoms. The molecule has 0 saturated heterocycles. The molecular weight excluding hydrogens is 443 g/mol. The quantitative estimate of drug-likeness (QED) is 0.525. The molecule has 3 aromatic rings. The number of carbonyl (C=O) groups is 1. The number of ether oxygens (including phenoxy) is 2. The van der Waals surface area contributed by atoms with Crippen molar-refractivity contribution in [3.05, 3.63) is 70.7 Å². The minimum atomic E-state index is -0.406. The van der Waals surface area contributed by atoms with Crippen LogP contribution in [0.2, 0.25) is 0 Å². The highest BCUT2D eigenvalue weighted by molar-refractivity contribution is 7.98. The Kier molecular flexibility index (Phi) is 5.80. The maximum absolute atomic E-state index is 13.2. The lowest BCUT2D eigenvalue weighted by Gasteiger charge is -2.32. The smallest absolute Gasteiger partial charge is 0.227 e. The predicted molar refractivity (Wildman–Crippen MR) is 123 cm³/mol. The van der Waals surface area contributed by atoms with E-state index < -0.39 is 6.04 Å². The van der Waals surface area contributed by atoms with Crippen LogP contribution in [0.25, 0.3) is 0 Å². The van der Waals surface area contributed by atoms with Gasteiger partial charge in [-0.25, -0.2) is 9.07 Å². The topological polar surface area (TPSA) is 78.3 Å². The van der Waals surface area contributed by atoms with E-state index in [0.29, 0.717) is 34.8 Å². The molecule has 2 aromatic carbocycles. The van der Waals surface area contributed by atoms with Crippen LogP contribution in [-0.2, 0) is 10.5 Å². The zero-order valence-electron chi connectivity index (χ0n) is 18.3. The Labute approximate surface area is 195 Å². The largest absolute Gasteiger partial charge is 0.493 e. The first-order valence-electron chi connectivity index (χ1n) is 10.7. The summed E-state index contributed by atoms with van der Waals surface area (Å²) < 4.78 is 25.9. The van der Waals surface area contributed by atoms with Gasteiger partial charge in [-0.2, -0.15) is 4.98 Å². The van der Waals surface area contributed by atoms with Gasteiger partial charge in [0.1, 0.15) is 11.9 Å². The fraction of sp³-hybridized carbons (Fsp3) is 0.292. The second-order valence-corrected chi connectivity index (χ2v) is 8.83. The van der Waals surface area contributed by atoms with Crippen LogP contribution in [0.1, 0.15) is 36.4 Å². The number of fused-ring (bicyclic) bond motifs is 1. The molecule has 1 aliphatic carbocycles. The van der Waals surface area contributed by atoms with Gasteiger partial charge in [-0.05, 0) is 48.2 Å². The number of allylic oxidation sites excluding steroid dienone is 2. The van der Waals surface area contributed by atoms with E-state index in [2.05, 4.69) is 10.3 Å². The van der Waals surface area contributed by atoms with Crippen molar-refractivity contribution in [2.45, 2.75) is 36.2 Å². The highest BCUT2D eigenvalue weighted by Crippen LogP contribution is 2.42. The molecule has 1 atom stereocenters. The summed E-state index contributed by atoms with van der Waals surface area (Å²) in [6.07, 6.45) is 2.11. The number of hydrogen-bond donors (Lipinski definition) is 1. The van der Waals surface area contributed by atoms with Gasteiger partial charge < -0.3 is 14.8 Å². The molecule has 1 aliphatic heterocycles. The van der Waals surface area contributed by atoms with Crippen LogP contribution in [0, 0.1) is 5.82 Å². The Morgan fingerprint density at radius 2 is 1.91 bits per heavy atom. The fourth-order valence-corrected chi connectivity index (χ4v) is 5.04. The molecular formula is C24H23FN4O3S. The molecule has 2 aliphatic rings. The molecule has 7 nitrogen and oxygen atoms in total. The molecule has 2 heterocycles. The second kappa shape index (κ2) is 8.90. The molecule has 0 radical (unpaired) electrons. The summed E-state index contributed by atoms with van der Waals surface area (Å²) >= 11 is 1.46. The predicted octanol–water partition coefficient (Wildman–Crippen LogP) is 4.75. The third kappa shape index (κ3) is 4.08. The Morgan fingerprint density at radius 1 is 1.12 bits per heavy atom. The molecule has 1 N–H and O–H groups in total. The zero-order valence-corrected chi connectivity index (χ0v) is 19.1. The summed E-state index contributed by atoms with van der Waals surface area (Å²) in [6, 6.07) is 11.6. The molecule has 0 unspecified atom stereocenters. The number of methoxy groups -OCH3 is 2. The van der Waals surface area contributed by atoms with Crippen molar-refractivity contribution in [2.75, 3.05) is 19.5 Å². The van der Waals surface area contributed by atoms with Gasteiger partial charge in [0, 0.05) is 23.4 Å². The van der Waals surface area contributed by atoms with Crippen LogP contribution in [0.5, 0.6) is 11.5 Å². The Balaban J connectivity index is 1.52. The van der Waals surface area contributed by atoms with Crippen molar-refractivity contribution in [1.82, 2.24) is 14.8 Å². The van der Waals surface area contributed by atoms with Gasteiger partial charge in [0.2, 0.25) is 11.1 Å². The van der Waals surface area contributed by atoms with Gasteiger partial charge in [-0.1, -0.05) is 30.0 Å². The lowest BCUT2D eigenvalue weighted by molar-refractivity contribution is -0.116. The standard InChI is InChI=1S/C24H23FN4O3S/c1-31-19-11-8-15(12-20(19)32-2)22-21-17(4-3-5-18(21)30)26-23-27-24(28-29(22)23)33-13-14-6-9-16(25)10-7-14/h6-12,22H,3-5,13H2,1-2H3,(H,26,27,28)/t22-/m0/s1. The van der Waals surface area contributed by atoms with Gasteiger partial charge in [0.25, 0.3) is 0 Å². The van der Waals surface area contributed by atoms with E-state index in [-0.39, 0.29) is 11.6 Å². The monoisotopic (exact) mass is 466 g/mol. The highest BCUT2D eigenvalue weighted by Gasteiger charge is 2.37. The van der Waals surface area contributed by atoms with Crippen molar-refractivity contribution in [2.24, 2.45) is 0 Å². The van der Waals surface area contributed by atoms with E-state index in [0.717, 1.165) is 35.2 Å². The molecule has 9 heteroatoms. The summed E-state index contributed by atoms with van der Waals surface area (Å²) in [5.41, 5.74) is 3.48. The fourth-order valence-electron chi connectivity index (χ4n) is 4.26. The van der Waals surface area contributed by atoms with Crippen molar-refractivity contribution in [3.8, 4) is 11.5 Å². The third-order valence-electron chi connectivity index (χ3n) is 5.85. The number of nitrogens with zero attached hydrogens (tertiary/aromatic N) is 3. The van der Waals surface area contributed by atoms with Crippen LogP contribution in [0.15, 0.2) is 58.9 Å². The minimum Gasteiger partial charge on any atom is -0.493 e. The lowest BCUT2D eigenvalue weighted by Crippen LogP contribution is -2.31. The van der Waals surface area contributed by atoms with Crippen LogP contribution in [0.3, 0.4) is 0 Å².